The van der Waals surface area contributed by atoms with Gasteiger partial charge in [0.25, 0.3) is 0 Å². The summed E-state index contributed by atoms with van der Waals surface area (Å²) in [6.07, 6.45) is 1.86. The van der Waals surface area contributed by atoms with Crippen molar-refractivity contribution in [2.45, 2.75) is 33.2 Å². The second-order valence-electron chi connectivity index (χ2n) is 6.31. The molecule has 0 aliphatic rings. The van der Waals surface area contributed by atoms with Gasteiger partial charge in [-0.1, -0.05) is 50.0 Å². The number of ether oxygens (including phenoxy) is 1. The van der Waals surface area contributed by atoms with E-state index >= 15 is 0 Å². The number of fused-ring (bicyclic) bond motifs is 1. The lowest BCUT2D eigenvalue weighted by atomic mass is 10.2. The molecule has 6 heteroatoms. The lowest BCUT2D eigenvalue weighted by Gasteiger charge is -2.18. The first-order valence-corrected chi connectivity index (χ1v) is 10.8. The van der Waals surface area contributed by atoms with Crippen molar-refractivity contribution < 1.29 is 4.74 Å². The van der Waals surface area contributed by atoms with Crippen LogP contribution in [0.2, 0.25) is 19.6 Å². The van der Waals surface area contributed by atoms with E-state index < -0.39 is 8.24 Å². The summed E-state index contributed by atoms with van der Waals surface area (Å²) < 4.78 is 8.09. The molecule has 0 fully saturated rings. The summed E-state index contributed by atoms with van der Waals surface area (Å²) in [6, 6.07) is 10.1. The average molecular weight is 312 g/mol. The molecule has 0 amide bonds. The predicted octanol–water partition coefficient (Wildman–Crippen LogP) is 3.40. The lowest BCUT2D eigenvalue weighted by Crippen LogP contribution is -2.31. The van der Waals surface area contributed by atoms with Crippen LogP contribution in [0.3, 0.4) is 0 Å². The molecule has 0 radical (unpaired) electrons. The monoisotopic (exact) mass is 312 g/mol. The van der Waals surface area contributed by atoms with E-state index in [1.807, 2.05) is 43.6 Å². The van der Waals surface area contributed by atoms with Crippen LogP contribution in [0.25, 0.3) is 11.2 Å². The van der Waals surface area contributed by atoms with Crippen LogP contribution in [0.5, 0.6) is 5.88 Å². The Balaban J connectivity index is 1.98. The fourth-order valence-corrected chi connectivity index (χ4v) is 3.49. The highest BCUT2D eigenvalue weighted by Gasteiger charge is 2.22. The number of benzene rings is 1. The zero-order valence-electron chi connectivity index (χ0n) is 13.4. The molecule has 2 heterocycles. The van der Waals surface area contributed by atoms with Gasteiger partial charge in [0.2, 0.25) is 5.88 Å². The normalized spacial score (nSPS) is 11.8. The number of rotatable bonds is 4. The van der Waals surface area contributed by atoms with Crippen molar-refractivity contribution in [3.05, 3.63) is 48.0 Å². The van der Waals surface area contributed by atoms with Crippen LogP contribution in [-0.2, 0) is 6.61 Å². The van der Waals surface area contributed by atoms with E-state index in [1.165, 1.54) is 0 Å². The minimum atomic E-state index is -1.57. The number of imidazole rings is 1. The predicted molar refractivity (Wildman–Crippen MR) is 89.6 cm³/mol. The molecule has 0 bridgehead atoms. The molecule has 0 aliphatic carbocycles. The molecular weight excluding hydrogens is 292 g/mol. The molecule has 2 aromatic heterocycles. The second kappa shape index (κ2) is 5.53. The van der Waals surface area contributed by atoms with Gasteiger partial charge in [-0.25, -0.2) is 9.97 Å². The summed E-state index contributed by atoms with van der Waals surface area (Å²) >= 11 is 0. The molecule has 0 aliphatic heterocycles. The summed E-state index contributed by atoms with van der Waals surface area (Å²) in [5.41, 5.74) is 2.72. The van der Waals surface area contributed by atoms with Crippen molar-refractivity contribution in [1.29, 1.82) is 0 Å². The maximum absolute atomic E-state index is 5.90. The Kier molecular flexibility index (Phi) is 3.70. The van der Waals surface area contributed by atoms with E-state index in [2.05, 4.69) is 38.8 Å². The van der Waals surface area contributed by atoms with Gasteiger partial charge in [-0.2, -0.15) is 4.98 Å². The van der Waals surface area contributed by atoms with E-state index in [1.54, 1.807) is 0 Å². The molecule has 1 aromatic carbocycles. The van der Waals surface area contributed by atoms with E-state index in [-0.39, 0.29) is 0 Å². The molecule has 22 heavy (non-hydrogen) atoms. The van der Waals surface area contributed by atoms with Crippen LogP contribution in [-0.4, -0.2) is 27.4 Å². The van der Waals surface area contributed by atoms with Crippen molar-refractivity contribution >= 4 is 19.4 Å². The SMILES string of the molecule is Cc1nc(OCc2ccccc2)c2ncn([Si](C)(C)C)c2n1. The minimum Gasteiger partial charge on any atom is -0.471 e. The number of nitrogens with zero attached hydrogens (tertiary/aromatic N) is 4. The van der Waals surface area contributed by atoms with Gasteiger partial charge in [0.05, 0.1) is 6.33 Å². The summed E-state index contributed by atoms with van der Waals surface area (Å²) in [4.78, 5) is 13.5. The molecule has 0 spiro atoms. The molecule has 0 N–H and O–H groups in total. The Labute approximate surface area is 131 Å². The topological polar surface area (TPSA) is 52.8 Å². The first kappa shape index (κ1) is 14.7. The van der Waals surface area contributed by atoms with Crippen molar-refractivity contribution in [2.24, 2.45) is 0 Å². The average Bonchev–Trinajstić information content (AvgIpc) is 2.89. The quantitative estimate of drug-likeness (QED) is 0.693. The van der Waals surface area contributed by atoms with Crippen molar-refractivity contribution in [1.82, 2.24) is 19.2 Å². The maximum Gasteiger partial charge on any atom is 0.245 e. The highest BCUT2D eigenvalue weighted by atomic mass is 28.3. The van der Waals surface area contributed by atoms with Crippen molar-refractivity contribution in [3.63, 3.8) is 0 Å². The molecule has 0 saturated carbocycles. The van der Waals surface area contributed by atoms with Gasteiger partial charge in [-0.3, -0.25) is 0 Å². The van der Waals surface area contributed by atoms with E-state index in [0.29, 0.717) is 18.3 Å². The van der Waals surface area contributed by atoms with Crippen LogP contribution in [0, 0.1) is 6.92 Å². The zero-order chi connectivity index (χ0) is 15.7. The fraction of sp³-hybridized carbons (Fsp3) is 0.312. The Morgan fingerprint density at radius 3 is 2.50 bits per heavy atom. The van der Waals surface area contributed by atoms with Crippen LogP contribution >= 0.6 is 0 Å². The smallest absolute Gasteiger partial charge is 0.245 e. The number of aryl methyl sites for hydroxylation is 1. The molecule has 114 valence electrons. The molecule has 0 atom stereocenters. The molecule has 0 saturated heterocycles. The van der Waals surface area contributed by atoms with Gasteiger partial charge in [0.1, 0.15) is 12.4 Å². The standard InChI is InChI=1S/C16H20N4OSi/c1-12-18-15-14(17-11-20(15)22(2,3)4)16(19-12)21-10-13-8-6-5-7-9-13/h5-9,11H,10H2,1-4H3. The Hall–Kier alpha value is -2.21. The third-order valence-corrected chi connectivity index (χ3v) is 5.19. The van der Waals surface area contributed by atoms with Crippen LogP contribution in [0.15, 0.2) is 36.7 Å². The van der Waals surface area contributed by atoms with E-state index in [0.717, 1.165) is 16.7 Å². The largest absolute Gasteiger partial charge is 0.471 e. The highest BCUT2D eigenvalue weighted by Crippen LogP contribution is 2.24. The molecular formula is C16H20N4OSi. The third-order valence-electron chi connectivity index (χ3n) is 3.42. The van der Waals surface area contributed by atoms with Gasteiger partial charge < -0.3 is 8.97 Å². The molecule has 0 unspecified atom stereocenters. The first-order valence-electron chi connectivity index (χ1n) is 7.34. The number of hydrogen-bond donors (Lipinski definition) is 0. The van der Waals surface area contributed by atoms with Gasteiger partial charge in [-0.15, -0.1) is 0 Å². The van der Waals surface area contributed by atoms with Crippen LogP contribution in [0.4, 0.5) is 0 Å². The highest BCUT2D eigenvalue weighted by molar-refractivity contribution is 6.75. The maximum atomic E-state index is 5.90. The first-order chi connectivity index (χ1) is 10.4. The third kappa shape index (κ3) is 2.87. The molecule has 3 aromatic rings. The van der Waals surface area contributed by atoms with Crippen LogP contribution < -0.4 is 4.74 Å². The Morgan fingerprint density at radius 1 is 1.09 bits per heavy atom. The van der Waals surface area contributed by atoms with E-state index in [9.17, 15) is 0 Å². The summed E-state index contributed by atoms with van der Waals surface area (Å²) in [5.74, 6) is 1.26. The fourth-order valence-electron chi connectivity index (χ4n) is 2.30. The van der Waals surface area contributed by atoms with Gasteiger partial charge in [0, 0.05) is 0 Å². The summed E-state index contributed by atoms with van der Waals surface area (Å²) in [6.45, 7) is 9.14. The van der Waals surface area contributed by atoms with Gasteiger partial charge in [0.15, 0.2) is 19.4 Å². The Morgan fingerprint density at radius 2 is 1.82 bits per heavy atom. The van der Waals surface area contributed by atoms with Crippen molar-refractivity contribution in [2.75, 3.05) is 0 Å². The lowest BCUT2D eigenvalue weighted by molar-refractivity contribution is 0.296. The molecule has 5 nitrogen and oxygen atoms in total. The second-order valence-corrected chi connectivity index (χ2v) is 11.1. The van der Waals surface area contributed by atoms with E-state index in [4.69, 9.17) is 4.74 Å². The van der Waals surface area contributed by atoms with Crippen LogP contribution in [0.1, 0.15) is 11.4 Å². The Bertz CT molecular complexity index is 793. The molecule has 3 rings (SSSR count). The van der Waals surface area contributed by atoms with Crippen molar-refractivity contribution in [3.8, 4) is 5.88 Å². The summed E-state index contributed by atoms with van der Waals surface area (Å²) in [7, 11) is -1.57. The zero-order valence-corrected chi connectivity index (χ0v) is 14.4. The number of hydrogen-bond acceptors (Lipinski definition) is 4. The van der Waals surface area contributed by atoms with Gasteiger partial charge >= 0.3 is 0 Å². The summed E-state index contributed by atoms with van der Waals surface area (Å²) in [5, 5.41) is 0. The minimum absolute atomic E-state index is 0.478. The van der Waals surface area contributed by atoms with Gasteiger partial charge in [-0.05, 0) is 12.5 Å². The number of aromatic nitrogens is 4.